The van der Waals surface area contributed by atoms with Crippen molar-refractivity contribution < 1.29 is 9.32 Å². The topological polar surface area (TPSA) is 67.5 Å². The molecule has 1 atom stereocenters. The van der Waals surface area contributed by atoms with Crippen LogP contribution in [0.1, 0.15) is 31.4 Å². The zero-order valence-electron chi connectivity index (χ0n) is 14.5. The molecule has 2 heterocycles. The summed E-state index contributed by atoms with van der Waals surface area (Å²) >= 11 is 6.00. The van der Waals surface area contributed by atoms with Crippen LogP contribution in [-0.4, -0.2) is 23.4 Å². The molecule has 0 spiro atoms. The third-order valence-electron chi connectivity index (χ3n) is 4.92. The fraction of sp³-hybridized carbons (Fsp3) is 0.316. The number of benzene rings is 1. The molecule has 0 saturated heterocycles. The molecule has 1 saturated carbocycles. The van der Waals surface area contributed by atoms with Crippen molar-refractivity contribution in [2.75, 3.05) is 0 Å². The minimum Gasteiger partial charge on any atom is -0.354 e. The first-order valence-electron chi connectivity index (χ1n) is 8.76. The molecular weight excluding hydrogens is 352 g/mol. The fourth-order valence-electron chi connectivity index (χ4n) is 3.61. The van der Waals surface area contributed by atoms with Gasteiger partial charge in [0.05, 0.1) is 6.21 Å². The van der Waals surface area contributed by atoms with Gasteiger partial charge in [0.2, 0.25) is 5.69 Å². The molecule has 1 fully saturated rings. The Labute approximate surface area is 156 Å². The van der Waals surface area contributed by atoms with Crippen molar-refractivity contribution >= 4 is 29.5 Å². The van der Waals surface area contributed by atoms with E-state index in [1.165, 1.54) is 0 Å². The Morgan fingerprint density at radius 2 is 2.00 bits per heavy atom. The average molecular weight is 372 g/mol. The smallest absolute Gasteiger partial charge is 0.354 e. The van der Waals surface area contributed by atoms with Gasteiger partial charge in [0.15, 0.2) is 11.5 Å². The lowest BCUT2D eigenvalue weighted by atomic mass is 10.1. The van der Waals surface area contributed by atoms with E-state index in [2.05, 4.69) is 15.6 Å². The van der Waals surface area contributed by atoms with Gasteiger partial charge in [-0.15, -0.1) is 0 Å². The molecule has 6 nitrogen and oxygen atoms in total. The van der Waals surface area contributed by atoms with Gasteiger partial charge in [-0.25, -0.2) is 4.79 Å². The third kappa shape index (κ3) is 2.85. The lowest BCUT2D eigenvalue weighted by molar-refractivity contribution is 0.213. The van der Waals surface area contributed by atoms with Crippen LogP contribution in [0.2, 0.25) is 5.02 Å². The summed E-state index contributed by atoms with van der Waals surface area (Å²) in [4.78, 5) is 13.2. The highest BCUT2D eigenvalue weighted by Gasteiger charge is 2.47. The number of carbonyl (C=O) groups excluding carboxylic acids is 1. The van der Waals surface area contributed by atoms with E-state index in [-0.39, 0.29) is 16.7 Å². The summed E-state index contributed by atoms with van der Waals surface area (Å²) in [6.45, 7) is 1.80. The summed E-state index contributed by atoms with van der Waals surface area (Å²) in [5.41, 5.74) is 2.03. The van der Waals surface area contributed by atoms with E-state index in [0.717, 1.165) is 31.2 Å². The predicted molar refractivity (Wildman–Crippen MR) is 102 cm³/mol. The van der Waals surface area contributed by atoms with Gasteiger partial charge in [0, 0.05) is 29.6 Å². The maximum atomic E-state index is 13.2. The Kier molecular flexibility index (Phi) is 4.38. The molecule has 2 aromatic rings. The van der Waals surface area contributed by atoms with Crippen molar-refractivity contribution in [1.29, 1.82) is 0 Å². The number of urea groups is 1. The van der Waals surface area contributed by atoms with Crippen molar-refractivity contribution in [3.8, 4) is 11.3 Å². The summed E-state index contributed by atoms with van der Waals surface area (Å²) in [5.74, 6) is 0.556. The van der Waals surface area contributed by atoms with Crippen LogP contribution >= 0.6 is 11.6 Å². The van der Waals surface area contributed by atoms with Crippen LogP contribution in [0.25, 0.3) is 11.3 Å². The Balaban J connectivity index is 1.77. The molecule has 1 unspecified atom stereocenters. The number of aryl methyl sites for hydroxylation is 1. The van der Waals surface area contributed by atoms with Gasteiger partial charge in [0.25, 0.3) is 0 Å². The van der Waals surface area contributed by atoms with Crippen LogP contribution in [0.5, 0.6) is 0 Å². The Morgan fingerprint density at radius 1 is 1.27 bits per heavy atom. The minimum atomic E-state index is -0.316. The van der Waals surface area contributed by atoms with Crippen molar-refractivity contribution in [1.82, 2.24) is 15.1 Å². The largest absolute Gasteiger partial charge is 0.453 e. The van der Waals surface area contributed by atoms with Gasteiger partial charge < -0.3 is 4.52 Å². The van der Waals surface area contributed by atoms with Crippen LogP contribution in [0.4, 0.5) is 10.5 Å². The van der Waals surface area contributed by atoms with E-state index in [0.29, 0.717) is 22.2 Å². The molecular formula is C19H20ClN4O2+. The van der Waals surface area contributed by atoms with Gasteiger partial charge in [-0.2, -0.15) is 0 Å². The van der Waals surface area contributed by atoms with Crippen molar-refractivity contribution in [2.45, 2.75) is 38.6 Å². The number of carbonyl (C=O) groups is 1. The molecule has 7 heteroatoms. The summed E-state index contributed by atoms with van der Waals surface area (Å²) < 4.78 is 5.14. The number of nitrogens with one attached hydrogen (secondary N) is 1. The third-order valence-corrected chi connectivity index (χ3v) is 5.17. The fourth-order valence-corrected chi connectivity index (χ4v) is 3.73. The quantitative estimate of drug-likeness (QED) is 0.790. The maximum Gasteiger partial charge on any atom is 0.453 e. The molecule has 2 amide bonds. The van der Waals surface area contributed by atoms with Crippen LogP contribution in [0, 0.1) is 6.92 Å². The van der Waals surface area contributed by atoms with E-state index in [4.69, 9.17) is 16.1 Å². The molecule has 0 bridgehead atoms. The number of aromatic nitrogens is 1. The number of hydrogen-bond donors (Lipinski definition) is 1. The molecule has 1 N–H and O–H groups in total. The number of hydrogen-bond acceptors (Lipinski definition) is 4. The van der Waals surface area contributed by atoms with Gasteiger partial charge in [-0.3, -0.25) is 5.32 Å². The standard InChI is InChI=1S/C19H19ClN4O2/c1-13-18(17(23-26-13)14-7-9-15(20)10-8-14)24(12-4-11-21-24)19(25)22-16-5-2-3-6-16/h4,7-12,16H,2-3,5-6H2,1H3/p+1. The molecule has 26 heavy (non-hydrogen) atoms. The number of rotatable bonds is 3. The number of amides is 2. The molecule has 4 rings (SSSR count). The highest BCUT2D eigenvalue weighted by atomic mass is 35.5. The average Bonchev–Trinajstić information content (AvgIpc) is 3.36. The second-order valence-electron chi connectivity index (χ2n) is 6.67. The highest BCUT2D eigenvalue weighted by molar-refractivity contribution is 6.30. The monoisotopic (exact) mass is 371 g/mol. The van der Waals surface area contributed by atoms with Gasteiger partial charge >= 0.3 is 6.03 Å². The highest BCUT2D eigenvalue weighted by Crippen LogP contribution is 2.40. The number of quaternary nitrogens is 1. The summed E-state index contributed by atoms with van der Waals surface area (Å²) in [7, 11) is 0. The SMILES string of the molecule is Cc1onc(-c2ccc(Cl)cc2)c1[N+]1(C(=O)NC2CCCC2)C=CC=N1. The maximum absolute atomic E-state index is 13.2. The summed E-state index contributed by atoms with van der Waals surface area (Å²) in [6.07, 6.45) is 9.46. The van der Waals surface area contributed by atoms with Crippen LogP contribution in [0.15, 0.2) is 46.2 Å². The van der Waals surface area contributed by atoms with E-state index in [1.807, 2.05) is 12.1 Å². The number of allylic oxidation sites excluding steroid dienone is 1. The zero-order chi connectivity index (χ0) is 18.1. The summed E-state index contributed by atoms with van der Waals surface area (Å²) in [6, 6.07) is 7.30. The molecule has 1 aromatic carbocycles. The number of nitrogens with zero attached hydrogens (tertiary/aromatic N) is 3. The van der Waals surface area contributed by atoms with Crippen LogP contribution < -0.4 is 9.91 Å². The Hall–Kier alpha value is -2.44. The van der Waals surface area contributed by atoms with Crippen LogP contribution in [-0.2, 0) is 0 Å². The molecule has 1 aromatic heterocycles. The minimum absolute atomic E-state index is 0.191. The number of halogens is 1. The molecule has 1 aliphatic carbocycles. The lowest BCUT2D eigenvalue weighted by Gasteiger charge is -2.24. The van der Waals surface area contributed by atoms with E-state index in [1.54, 1.807) is 37.5 Å². The first-order valence-corrected chi connectivity index (χ1v) is 9.14. The molecule has 1 aliphatic heterocycles. The predicted octanol–water partition coefficient (Wildman–Crippen LogP) is 4.78. The first kappa shape index (κ1) is 17.0. The van der Waals surface area contributed by atoms with Crippen molar-refractivity contribution in [3.05, 3.63) is 47.3 Å². The van der Waals surface area contributed by atoms with Crippen molar-refractivity contribution in [2.24, 2.45) is 5.10 Å². The molecule has 0 radical (unpaired) electrons. The summed E-state index contributed by atoms with van der Waals surface area (Å²) in [5, 5.41) is 12.5. The molecule has 134 valence electrons. The Morgan fingerprint density at radius 3 is 2.65 bits per heavy atom. The normalized spacial score (nSPS) is 22.2. The Bertz CT molecular complexity index is 867. The van der Waals surface area contributed by atoms with Gasteiger partial charge in [-0.05, 0) is 25.0 Å². The van der Waals surface area contributed by atoms with Crippen molar-refractivity contribution in [3.63, 3.8) is 0 Å². The van der Waals surface area contributed by atoms with Gasteiger partial charge in [-0.1, -0.05) is 51.4 Å². The van der Waals surface area contributed by atoms with Crippen LogP contribution in [0.3, 0.4) is 0 Å². The molecule has 2 aliphatic rings. The zero-order valence-corrected chi connectivity index (χ0v) is 15.2. The first-order chi connectivity index (χ1) is 12.6. The second-order valence-corrected chi connectivity index (χ2v) is 7.10. The second kappa shape index (κ2) is 6.70. The van der Waals surface area contributed by atoms with E-state index >= 15 is 0 Å². The van der Waals surface area contributed by atoms with Gasteiger partial charge in [0.1, 0.15) is 6.20 Å². The lowest BCUT2D eigenvalue weighted by Crippen LogP contribution is -2.52. The van der Waals surface area contributed by atoms with E-state index in [9.17, 15) is 4.79 Å². The van der Waals surface area contributed by atoms with E-state index < -0.39 is 0 Å².